The Hall–Kier alpha value is -1.11. The van der Waals surface area contributed by atoms with Crippen molar-refractivity contribution in [2.75, 3.05) is 17.2 Å². The van der Waals surface area contributed by atoms with Gasteiger partial charge in [-0.2, -0.15) is 9.90 Å². The van der Waals surface area contributed by atoms with Crippen LogP contribution in [-0.4, -0.2) is 34.9 Å². The highest BCUT2D eigenvalue weighted by Gasteiger charge is 2.30. The van der Waals surface area contributed by atoms with Gasteiger partial charge in [-0.15, -0.1) is 5.10 Å². The van der Waals surface area contributed by atoms with Crippen molar-refractivity contribution in [3.05, 3.63) is 6.20 Å². The standard InChI is InChI=1S/C6H10N4O2S/c7-6-3-8-10(9-6)5-1-2-13(11,12)4-5/h3,5H,1-2,4H2,(H2,7,9). The molecular formula is C6H10N4O2S. The van der Waals surface area contributed by atoms with Gasteiger partial charge in [-0.3, -0.25) is 0 Å². The van der Waals surface area contributed by atoms with Gasteiger partial charge in [0, 0.05) is 0 Å². The van der Waals surface area contributed by atoms with E-state index in [-0.39, 0.29) is 17.5 Å². The Bertz CT molecular complexity index is 410. The van der Waals surface area contributed by atoms with Crippen LogP contribution in [0, 0.1) is 0 Å². The molecule has 0 bridgehead atoms. The van der Waals surface area contributed by atoms with E-state index in [4.69, 9.17) is 5.73 Å². The number of nitrogens with zero attached hydrogens (tertiary/aromatic N) is 3. The lowest BCUT2D eigenvalue weighted by atomic mass is 10.3. The molecular weight excluding hydrogens is 192 g/mol. The van der Waals surface area contributed by atoms with Crippen molar-refractivity contribution >= 4 is 15.7 Å². The first-order chi connectivity index (χ1) is 6.07. The molecule has 0 spiro atoms. The Morgan fingerprint density at radius 1 is 1.62 bits per heavy atom. The van der Waals surface area contributed by atoms with E-state index < -0.39 is 9.84 Å². The maximum Gasteiger partial charge on any atom is 0.165 e. The van der Waals surface area contributed by atoms with Crippen molar-refractivity contribution in [1.82, 2.24) is 15.0 Å². The van der Waals surface area contributed by atoms with E-state index in [1.54, 1.807) is 0 Å². The van der Waals surface area contributed by atoms with Crippen LogP contribution >= 0.6 is 0 Å². The Balaban J connectivity index is 2.21. The molecule has 1 fully saturated rings. The van der Waals surface area contributed by atoms with Crippen molar-refractivity contribution in [3.63, 3.8) is 0 Å². The van der Waals surface area contributed by atoms with Crippen LogP contribution in [0.2, 0.25) is 0 Å². The molecule has 1 aliphatic heterocycles. The summed E-state index contributed by atoms with van der Waals surface area (Å²) in [6, 6.07) is -0.137. The third-order valence-electron chi connectivity index (χ3n) is 2.06. The molecule has 1 aliphatic rings. The summed E-state index contributed by atoms with van der Waals surface area (Å²) in [5.74, 6) is 0.671. The normalized spacial score (nSPS) is 26.3. The van der Waals surface area contributed by atoms with E-state index in [1.807, 2.05) is 0 Å². The fourth-order valence-electron chi connectivity index (χ4n) is 1.42. The first-order valence-corrected chi connectivity index (χ1v) is 5.77. The number of aromatic nitrogens is 3. The summed E-state index contributed by atoms with van der Waals surface area (Å²) in [5, 5.41) is 7.76. The van der Waals surface area contributed by atoms with Gasteiger partial charge >= 0.3 is 0 Å². The van der Waals surface area contributed by atoms with E-state index in [0.717, 1.165) is 0 Å². The summed E-state index contributed by atoms with van der Waals surface area (Å²) in [5.41, 5.74) is 5.37. The highest BCUT2D eigenvalue weighted by molar-refractivity contribution is 7.91. The van der Waals surface area contributed by atoms with Gasteiger partial charge in [-0.1, -0.05) is 0 Å². The first kappa shape index (κ1) is 8.49. The zero-order valence-electron chi connectivity index (χ0n) is 6.92. The van der Waals surface area contributed by atoms with E-state index in [0.29, 0.717) is 12.2 Å². The topological polar surface area (TPSA) is 90.9 Å². The minimum Gasteiger partial charge on any atom is -0.381 e. The van der Waals surface area contributed by atoms with E-state index in [9.17, 15) is 8.42 Å². The highest BCUT2D eigenvalue weighted by Crippen LogP contribution is 2.21. The number of sulfone groups is 1. The summed E-state index contributed by atoms with van der Waals surface area (Å²) in [6.45, 7) is 0. The monoisotopic (exact) mass is 202 g/mol. The lowest BCUT2D eigenvalue weighted by Gasteiger charge is -2.04. The third kappa shape index (κ3) is 1.64. The molecule has 0 radical (unpaired) electrons. The molecule has 0 saturated carbocycles. The lowest BCUT2D eigenvalue weighted by Crippen LogP contribution is -2.13. The van der Waals surface area contributed by atoms with Crippen molar-refractivity contribution in [2.24, 2.45) is 0 Å². The fraction of sp³-hybridized carbons (Fsp3) is 0.667. The van der Waals surface area contributed by atoms with Gasteiger partial charge in [-0.25, -0.2) is 8.42 Å². The largest absolute Gasteiger partial charge is 0.381 e. The molecule has 0 aliphatic carbocycles. The van der Waals surface area contributed by atoms with Crippen LogP contribution in [0.1, 0.15) is 12.5 Å². The van der Waals surface area contributed by atoms with Crippen molar-refractivity contribution in [2.45, 2.75) is 12.5 Å². The quantitative estimate of drug-likeness (QED) is 0.645. The molecule has 2 heterocycles. The molecule has 1 unspecified atom stereocenters. The molecule has 2 N–H and O–H groups in total. The molecule has 2 rings (SSSR count). The van der Waals surface area contributed by atoms with Gasteiger partial charge in [0.2, 0.25) is 0 Å². The summed E-state index contributed by atoms with van der Waals surface area (Å²) >= 11 is 0. The number of hydrogen-bond donors (Lipinski definition) is 1. The average Bonchev–Trinajstić information content (AvgIpc) is 2.56. The second-order valence-electron chi connectivity index (χ2n) is 3.15. The Kier molecular flexibility index (Phi) is 1.76. The lowest BCUT2D eigenvalue weighted by molar-refractivity contribution is 0.442. The smallest absolute Gasteiger partial charge is 0.165 e. The minimum atomic E-state index is -2.88. The van der Waals surface area contributed by atoms with Gasteiger partial charge in [0.05, 0.1) is 23.7 Å². The molecule has 7 heteroatoms. The zero-order chi connectivity index (χ0) is 9.47. The van der Waals surface area contributed by atoms with Crippen LogP contribution in [0.25, 0.3) is 0 Å². The van der Waals surface area contributed by atoms with Crippen molar-refractivity contribution in [1.29, 1.82) is 0 Å². The summed E-state index contributed by atoms with van der Waals surface area (Å²) in [6.07, 6.45) is 2.00. The van der Waals surface area contributed by atoms with Crippen LogP contribution < -0.4 is 5.73 Å². The molecule has 0 aromatic carbocycles. The van der Waals surface area contributed by atoms with Crippen LogP contribution in [-0.2, 0) is 9.84 Å². The molecule has 13 heavy (non-hydrogen) atoms. The van der Waals surface area contributed by atoms with E-state index in [1.165, 1.54) is 11.0 Å². The Morgan fingerprint density at radius 2 is 2.38 bits per heavy atom. The second kappa shape index (κ2) is 2.69. The summed E-state index contributed by atoms with van der Waals surface area (Å²) in [4.78, 5) is 1.39. The number of hydrogen-bond acceptors (Lipinski definition) is 5. The third-order valence-corrected chi connectivity index (χ3v) is 3.81. The molecule has 1 aromatic rings. The van der Waals surface area contributed by atoms with E-state index >= 15 is 0 Å². The molecule has 72 valence electrons. The van der Waals surface area contributed by atoms with Gasteiger partial charge in [0.25, 0.3) is 0 Å². The fourth-order valence-corrected chi connectivity index (χ4v) is 3.11. The molecule has 0 amide bonds. The van der Waals surface area contributed by atoms with Crippen LogP contribution in [0.4, 0.5) is 5.82 Å². The molecule has 1 atom stereocenters. The van der Waals surface area contributed by atoms with Crippen LogP contribution in [0.3, 0.4) is 0 Å². The first-order valence-electron chi connectivity index (χ1n) is 3.94. The zero-order valence-corrected chi connectivity index (χ0v) is 7.74. The van der Waals surface area contributed by atoms with Gasteiger partial charge in [0.1, 0.15) is 0 Å². The molecule has 1 saturated heterocycles. The minimum absolute atomic E-state index is 0.126. The average molecular weight is 202 g/mol. The van der Waals surface area contributed by atoms with Crippen LogP contribution in [0.5, 0.6) is 0 Å². The van der Waals surface area contributed by atoms with Gasteiger partial charge in [-0.05, 0) is 6.42 Å². The maximum absolute atomic E-state index is 11.1. The highest BCUT2D eigenvalue weighted by atomic mass is 32.2. The van der Waals surface area contributed by atoms with Crippen molar-refractivity contribution in [3.8, 4) is 0 Å². The number of anilines is 1. The second-order valence-corrected chi connectivity index (χ2v) is 5.38. The Morgan fingerprint density at radius 3 is 2.85 bits per heavy atom. The number of nitrogens with two attached hydrogens (primary N) is 1. The summed E-state index contributed by atoms with van der Waals surface area (Å²) < 4.78 is 22.2. The molecule has 6 nitrogen and oxygen atoms in total. The SMILES string of the molecule is Nc1cnn(C2CCS(=O)(=O)C2)n1. The summed E-state index contributed by atoms with van der Waals surface area (Å²) in [7, 11) is -2.88. The Labute approximate surface area is 75.6 Å². The molecule has 1 aromatic heterocycles. The van der Waals surface area contributed by atoms with Crippen LogP contribution in [0.15, 0.2) is 6.20 Å². The maximum atomic E-state index is 11.1. The van der Waals surface area contributed by atoms with Crippen molar-refractivity contribution < 1.29 is 8.42 Å². The van der Waals surface area contributed by atoms with Gasteiger partial charge in [0.15, 0.2) is 15.7 Å². The van der Waals surface area contributed by atoms with E-state index in [2.05, 4.69) is 10.2 Å². The predicted molar refractivity (Wildman–Crippen MR) is 46.7 cm³/mol. The number of nitrogen functional groups attached to an aromatic ring is 1. The number of rotatable bonds is 1. The predicted octanol–water partition coefficient (Wildman–Crippen LogP) is -0.780. The van der Waals surface area contributed by atoms with Gasteiger partial charge < -0.3 is 5.73 Å².